The zero-order chi connectivity index (χ0) is 85.9. The molecular weight excluding hydrogens is 1650 g/mol. The second kappa shape index (κ2) is 51.4. The Morgan fingerprint density at radius 3 is 1.04 bits per heavy atom. The van der Waals surface area contributed by atoms with E-state index in [0.717, 1.165) is 96.2 Å². The summed E-state index contributed by atoms with van der Waals surface area (Å²) in [4.78, 5) is 3.54. The van der Waals surface area contributed by atoms with Gasteiger partial charge in [0, 0.05) is 45.9 Å². The highest BCUT2D eigenvalue weighted by atomic mass is 28.5. The van der Waals surface area contributed by atoms with E-state index in [0.29, 0.717) is 25.6 Å². The van der Waals surface area contributed by atoms with Crippen molar-refractivity contribution in [1.29, 1.82) is 0 Å². The molecule has 0 heterocycles. The van der Waals surface area contributed by atoms with Crippen molar-refractivity contribution < 1.29 is 57.9 Å². The first kappa shape index (κ1) is 118. The summed E-state index contributed by atoms with van der Waals surface area (Å²) >= 11 is 0. The summed E-state index contributed by atoms with van der Waals surface area (Å²) < 4.78 is 92.5. The van der Waals surface area contributed by atoms with Crippen LogP contribution in [0.15, 0.2) is 12.2 Å². The normalized spacial score (nSPS) is 15.9. The van der Waals surface area contributed by atoms with Crippen LogP contribution in [-0.4, -0.2) is 243 Å². The van der Waals surface area contributed by atoms with Gasteiger partial charge in [-0.3, -0.25) is 4.57 Å². The zero-order valence-corrected chi connectivity index (χ0v) is 97.1. The van der Waals surface area contributed by atoms with E-state index in [-0.39, 0.29) is 0 Å². The summed E-state index contributed by atoms with van der Waals surface area (Å²) in [6.45, 7) is 109. The van der Waals surface area contributed by atoms with Gasteiger partial charge in [0.25, 0.3) is 17.0 Å². The highest BCUT2D eigenvalue weighted by Crippen LogP contribution is 2.33. The van der Waals surface area contributed by atoms with Gasteiger partial charge in [-0.05, 0) is 358 Å². The molecule has 0 aromatic rings. The molecule has 0 fully saturated rings. The molecule has 0 saturated carbocycles. The third-order valence-corrected chi connectivity index (χ3v) is 75.3. The molecule has 0 aliphatic carbocycles. The van der Waals surface area contributed by atoms with Crippen molar-refractivity contribution in [2.75, 3.05) is 86.1 Å². The molecule has 40 heteroatoms. The van der Waals surface area contributed by atoms with Gasteiger partial charge >= 0.3 is 68.7 Å². The lowest BCUT2D eigenvalue weighted by Crippen LogP contribution is -2.60. The molecule has 107 heavy (non-hydrogen) atoms. The fraction of sp³-hybridized carbons (Fsp3) is 0.970. The fourth-order valence-corrected chi connectivity index (χ4v) is 92.6. The second-order valence-corrected chi connectivity index (χ2v) is 113. The Kier molecular flexibility index (Phi) is 56.8. The average Bonchev–Trinajstić information content (AvgIpc) is 0.794. The molecule has 0 saturated heterocycles. The Balaban J connectivity index is -0.000000408. The number of nitrogens with zero attached hydrogens (tertiary/aromatic N) is 1. The van der Waals surface area contributed by atoms with Crippen LogP contribution in [0.5, 0.6) is 0 Å². The molecule has 0 aromatic heterocycles. The Bertz CT molecular complexity index is 2350. The van der Waals surface area contributed by atoms with Gasteiger partial charge in [-0.15, -0.1) is 0 Å². The molecule has 4 unspecified atom stereocenters. The molecule has 22 nitrogen and oxygen atoms in total. The third-order valence-electron chi connectivity index (χ3n) is 14.0. The van der Waals surface area contributed by atoms with Crippen LogP contribution in [-0.2, 0) is 57.9 Å². The van der Waals surface area contributed by atoms with Gasteiger partial charge < -0.3 is 96.1 Å². The predicted octanol–water partition coefficient (Wildman–Crippen LogP) is 17.8. The molecular formula is C67H186N8O14Si18. The van der Waals surface area contributed by atoms with E-state index in [1.807, 2.05) is 7.05 Å². The molecule has 0 bridgehead atoms. The van der Waals surface area contributed by atoms with Gasteiger partial charge in [-0.2, -0.15) is 0 Å². The summed E-state index contributed by atoms with van der Waals surface area (Å²) in [5.41, 5.74) is 17.9. The average molecular weight is 1830 g/mol. The first-order chi connectivity index (χ1) is 47.3. The second-order valence-electron chi connectivity index (χ2n) is 39.9. The summed E-state index contributed by atoms with van der Waals surface area (Å²) in [6, 6.07) is 3.93. The van der Waals surface area contributed by atoms with Gasteiger partial charge in [0.05, 0.1) is 0 Å². The minimum absolute atomic E-state index is 0.641. The number of likely N-dealkylation sites (N-methyl/N-ethyl adjacent to an activating group) is 1. The third kappa shape index (κ3) is 73.6. The van der Waals surface area contributed by atoms with Crippen molar-refractivity contribution in [2.45, 2.75) is 333 Å². The molecule has 0 aromatic carbocycles. The summed E-state index contributed by atoms with van der Waals surface area (Å²) in [6.07, 6.45) is 4.12. The summed E-state index contributed by atoms with van der Waals surface area (Å²) in [5, 5.41) is 9.95. The quantitative estimate of drug-likeness (QED) is 0.0170. The van der Waals surface area contributed by atoms with Gasteiger partial charge in [0.2, 0.25) is 0 Å². The van der Waals surface area contributed by atoms with Crippen LogP contribution in [0.3, 0.4) is 0 Å². The standard InChI is InChI=1S/C17H42N2O2Si3.C14H40N2O4Si4.C14H40N2O3Si4.C12H35NO3Si4.C10H29NO2Si3/c1-12-19(14-16(2)3)23(8,9)21-24(10,11)20-22(6,7)15-17(4)13-18-5;1-17-24(19-22(5,6)7,14-10-12-16-13-11-15)20-23(8,9)18-21(2,3)4;1-20(2,3)17-22(7,8)19-23(9,18-21(4,5)6)14-10-12-16-13-11-15;1-17(2,3)14-19(7,8)16-20(9,12-10-11-13)15-18(4,5)6;1-9-10-11-15(5,6)13-16(7,8)12-14(2,3)4/h17-18H,2,12-15H2,1,3-11H3;16H,10-15H2,1-9H3;16H,10-15H2,1-9H3;10-13H2,1-9H3;11H,9-10H2,1-8H3. The van der Waals surface area contributed by atoms with Crippen LogP contribution < -0.4 is 38.1 Å². The van der Waals surface area contributed by atoms with E-state index < -0.39 is 152 Å². The van der Waals surface area contributed by atoms with E-state index in [1.54, 1.807) is 7.11 Å². The SMILES string of the molecule is C=C(C)CN(CC)[Si](C)(C)O[Si](C)(C)O[Si](C)(C)CC(C)CNC.CCCN[Si](C)(C)O[Si](C)(C)O[Si](C)(C)C.CO[Si](CCCNCCN)(O[Si](C)(C)C)O[Si](C)(C)O[Si](C)(C)C.C[Si](C)(C)O[Si](C)(C)O[Si](C)(CCCN)O[Si](C)(C)C.C[Si](C)(C)O[Si](C)(C)O[Si](C)(CCCNCCN)O[Si](C)(C)C. The van der Waals surface area contributed by atoms with Crippen molar-refractivity contribution in [3.05, 3.63) is 12.2 Å². The molecule has 0 aliphatic heterocycles. The van der Waals surface area contributed by atoms with Crippen LogP contribution in [0.25, 0.3) is 0 Å². The Hall–Kier alpha value is 2.76. The van der Waals surface area contributed by atoms with E-state index in [1.165, 1.54) is 11.6 Å². The van der Waals surface area contributed by atoms with Crippen LogP contribution in [0.4, 0.5) is 0 Å². The van der Waals surface area contributed by atoms with Gasteiger partial charge in [-0.25, -0.2) is 0 Å². The predicted molar refractivity (Wildman–Crippen MR) is 513 cm³/mol. The first-order valence-electron chi connectivity index (χ1n) is 40.3. The van der Waals surface area contributed by atoms with E-state index >= 15 is 0 Å². The maximum absolute atomic E-state index is 6.72. The molecule has 10 N–H and O–H groups in total. The highest BCUT2D eigenvalue weighted by Gasteiger charge is 2.51. The topological polar surface area (TPSA) is 259 Å². The zero-order valence-electron chi connectivity index (χ0n) is 79.1. The highest BCUT2D eigenvalue weighted by molar-refractivity contribution is 6.92. The number of nitrogens with two attached hydrogens (primary N) is 3. The van der Waals surface area contributed by atoms with Gasteiger partial charge in [0.15, 0.2) is 66.5 Å². The Labute approximate surface area is 684 Å². The maximum Gasteiger partial charge on any atom is 0.481 e. The van der Waals surface area contributed by atoms with Crippen molar-refractivity contribution in [2.24, 2.45) is 23.1 Å². The molecule has 0 radical (unpaired) electrons. The number of hydrogen-bond acceptors (Lipinski definition) is 22. The number of hydrogen-bond donors (Lipinski definition) is 7. The van der Waals surface area contributed by atoms with Crippen LogP contribution >= 0.6 is 0 Å². The summed E-state index contributed by atoms with van der Waals surface area (Å²) in [7, 11) is -31.1. The molecule has 0 spiro atoms. The lowest BCUT2D eigenvalue weighted by atomic mass is 10.2. The number of nitrogens with one attached hydrogen (secondary N) is 4. The monoisotopic (exact) mass is 1830 g/mol. The molecule has 4 atom stereocenters. The van der Waals surface area contributed by atoms with E-state index in [9.17, 15) is 0 Å². The minimum Gasteiger partial charge on any atom is -0.437 e. The maximum atomic E-state index is 6.72. The molecule has 650 valence electrons. The Morgan fingerprint density at radius 2 is 0.729 bits per heavy atom. The van der Waals surface area contributed by atoms with E-state index in [4.69, 9.17) is 75.1 Å². The molecule has 0 amide bonds. The lowest BCUT2D eigenvalue weighted by molar-refractivity contribution is 0.181. The van der Waals surface area contributed by atoms with E-state index in [2.05, 4.69) is 315 Å². The van der Waals surface area contributed by atoms with Gasteiger partial charge in [-0.1, -0.05) is 32.9 Å². The van der Waals surface area contributed by atoms with Crippen LogP contribution in [0.2, 0.25) is 280 Å². The van der Waals surface area contributed by atoms with Crippen molar-refractivity contribution >= 4 is 152 Å². The van der Waals surface area contributed by atoms with Gasteiger partial charge in [0.1, 0.15) is 0 Å². The van der Waals surface area contributed by atoms with Crippen molar-refractivity contribution in [1.82, 2.24) is 25.5 Å². The van der Waals surface area contributed by atoms with Crippen molar-refractivity contribution in [3.8, 4) is 0 Å². The smallest absolute Gasteiger partial charge is 0.437 e. The number of rotatable bonds is 53. The minimum atomic E-state index is -2.75. The van der Waals surface area contributed by atoms with Crippen LogP contribution in [0.1, 0.15) is 53.4 Å². The van der Waals surface area contributed by atoms with Crippen LogP contribution in [0, 0.1) is 5.92 Å². The fourth-order valence-electron chi connectivity index (χ4n) is 13.3. The Morgan fingerprint density at radius 1 is 0.393 bits per heavy atom. The largest absolute Gasteiger partial charge is 0.481 e. The van der Waals surface area contributed by atoms with Crippen molar-refractivity contribution in [3.63, 3.8) is 0 Å². The lowest BCUT2D eigenvalue weighted by Gasteiger charge is -2.43. The summed E-state index contributed by atoms with van der Waals surface area (Å²) in [5.74, 6) is 0.641. The molecule has 0 rings (SSSR count). The first-order valence-corrected chi connectivity index (χ1v) is 94.1. The molecule has 0 aliphatic rings.